The van der Waals surface area contributed by atoms with Crippen LogP contribution in [0.1, 0.15) is 12.0 Å². The lowest BCUT2D eigenvalue weighted by Crippen LogP contribution is -2.26. The molecule has 0 atom stereocenters. The highest BCUT2D eigenvalue weighted by Crippen LogP contribution is 2.14. The first-order valence-corrected chi connectivity index (χ1v) is 5.77. The lowest BCUT2D eigenvalue weighted by molar-refractivity contribution is 0.152. The first kappa shape index (κ1) is 10.7. The van der Waals surface area contributed by atoms with Crippen LogP contribution in [0.4, 0.5) is 5.82 Å². The van der Waals surface area contributed by atoms with Crippen LogP contribution in [0.2, 0.25) is 0 Å². The van der Waals surface area contributed by atoms with Crippen LogP contribution in [0.5, 0.6) is 0 Å². The van der Waals surface area contributed by atoms with E-state index in [-0.39, 0.29) is 0 Å². The Hall–Kier alpha value is -0.800. The molecular formula is C11H15ClN2O. The maximum absolute atomic E-state index is 5.72. The van der Waals surface area contributed by atoms with E-state index in [1.54, 1.807) is 0 Å². The number of aromatic nitrogens is 1. The van der Waals surface area contributed by atoms with Crippen LogP contribution in [0.3, 0.4) is 0 Å². The largest absolute Gasteiger partial charge is 0.380 e. The molecule has 1 fully saturated rings. The van der Waals surface area contributed by atoms with Gasteiger partial charge in [0.15, 0.2) is 0 Å². The Balaban J connectivity index is 2.06. The number of anilines is 1. The summed E-state index contributed by atoms with van der Waals surface area (Å²) >= 11 is 5.72. The topological polar surface area (TPSA) is 25.4 Å². The second-order valence-electron chi connectivity index (χ2n) is 3.61. The number of ether oxygens (including phenoxy) is 1. The summed E-state index contributed by atoms with van der Waals surface area (Å²) in [5.41, 5.74) is 1.06. The molecule has 1 saturated heterocycles. The van der Waals surface area contributed by atoms with E-state index in [4.69, 9.17) is 16.3 Å². The van der Waals surface area contributed by atoms with Gasteiger partial charge in [0.05, 0.1) is 6.61 Å². The lowest BCUT2D eigenvalue weighted by Gasteiger charge is -2.20. The molecule has 2 rings (SSSR count). The Morgan fingerprint density at radius 1 is 1.33 bits per heavy atom. The van der Waals surface area contributed by atoms with Crippen LogP contribution in [0.15, 0.2) is 18.3 Å². The Bertz CT molecular complexity index is 294. The van der Waals surface area contributed by atoms with Gasteiger partial charge in [-0.25, -0.2) is 4.98 Å². The van der Waals surface area contributed by atoms with Crippen LogP contribution in [0, 0.1) is 0 Å². The molecule has 0 radical (unpaired) electrons. The van der Waals surface area contributed by atoms with E-state index in [1.165, 1.54) is 0 Å². The molecule has 0 aromatic carbocycles. The molecule has 0 bridgehead atoms. The molecule has 3 nitrogen and oxygen atoms in total. The molecular weight excluding hydrogens is 212 g/mol. The van der Waals surface area contributed by atoms with E-state index in [1.807, 2.05) is 18.3 Å². The van der Waals surface area contributed by atoms with Crippen LogP contribution in [0.25, 0.3) is 0 Å². The van der Waals surface area contributed by atoms with Gasteiger partial charge < -0.3 is 9.64 Å². The number of hydrogen-bond acceptors (Lipinski definition) is 3. The number of hydrogen-bond donors (Lipinski definition) is 0. The third-order valence-corrected chi connectivity index (χ3v) is 2.82. The van der Waals surface area contributed by atoms with Gasteiger partial charge in [0.2, 0.25) is 0 Å². The zero-order valence-electron chi connectivity index (χ0n) is 8.66. The first-order chi connectivity index (χ1) is 7.40. The zero-order valence-corrected chi connectivity index (χ0v) is 9.41. The summed E-state index contributed by atoms with van der Waals surface area (Å²) in [7, 11) is 0. The summed E-state index contributed by atoms with van der Waals surface area (Å²) in [6.07, 6.45) is 2.91. The van der Waals surface area contributed by atoms with Crippen molar-refractivity contribution in [2.24, 2.45) is 0 Å². The minimum atomic E-state index is 0.524. The first-order valence-electron chi connectivity index (χ1n) is 5.24. The molecule has 0 unspecified atom stereocenters. The fourth-order valence-corrected chi connectivity index (χ4v) is 1.82. The molecule has 0 amide bonds. The third-order valence-electron chi connectivity index (χ3n) is 2.51. The molecule has 1 aromatic heterocycles. The van der Waals surface area contributed by atoms with Crippen molar-refractivity contribution >= 4 is 17.4 Å². The fraction of sp³-hybridized carbons (Fsp3) is 0.545. The number of rotatable bonds is 2. The molecule has 1 aliphatic heterocycles. The van der Waals surface area contributed by atoms with E-state index in [0.717, 1.165) is 44.1 Å². The monoisotopic (exact) mass is 226 g/mol. The number of pyridine rings is 1. The van der Waals surface area contributed by atoms with Gasteiger partial charge >= 0.3 is 0 Å². The Labute approximate surface area is 95.0 Å². The van der Waals surface area contributed by atoms with Gasteiger partial charge in [-0.2, -0.15) is 0 Å². The standard InChI is InChI=1S/C11H15ClN2O/c12-8-10-2-3-11(13-9-10)14-4-1-6-15-7-5-14/h2-3,9H,1,4-8H2. The van der Waals surface area contributed by atoms with Crippen molar-refractivity contribution in [3.05, 3.63) is 23.9 Å². The molecule has 4 heteroatoms. The maximum atomic E-state index is 5.72. The third kappa shape index (κ3) is 2.83. The van der Waals surface area contributed by atoms with Crippen molar-refractivity contribution in [3.63, 3.8) is 0 Å². The molecule has 82 valence electrons. The number of alkyl halides is 1. The highest BCUT2D eigenvalue weighted by Gasteiger charge is 2.10. The van der Waals surface area contributed by atoms with Gasteiger partial charge in [-0.3, -0.25) is 0 Å². The molecule has 0 saturated carbocycles. The normalized spacial score (nSPS) is 17.5. The Kier molecular flexibility index (Phi) is 3.80. The second kappa shape index (κ2) is 5.33. The summed E-state index contributed by atoms with van der Waals surface area (Å²) in [6, 6.07) is 4.06. The summed E-state index contributed by atoms with van der Waals surface area (Å²) in [6.45, 7) is 3.59. The second-order valence-corrected chi connectivity index (χ2v) is 3.88. The molecule has 0 spiro atoms. The summed E-state index contributed by atoms with van der Waals surface area (Å²) in [4.78, 5) is 6.66. The van der Waals surface area contributed by atoms with Gasteiger partial charge in [0.1, 0.15) is 5.82 Å². The highest BCUT2D eigenvalue weighted by atomic mass is 35.5. The smallest absolute Gasteiger partial charge is 0.128 e. The van der Waals surface area contributed by atoms with E-state index < -0.39 is 0 Å². The van der Waals surface area contributed by atoms with Crippen molar-refractivity contribution in [2.45, 2.75) is 12.3 Å². The minimum Gasteiger partial charge on any atom is -0.380 e. The van der Waals surface area contributed by atoms with Gasteiger partial charge in [-0.15, -0.1) is 11.6 Å². The van der Waals surface area contributed by atoms with E-state index in [0.29, 0.717) is 5.88 Å². The molecule has 0 N–H and O–H groups in total. The number of nitrogens with zero attached hydrogens (tertiary/aromatic N) is 2. The number of halogens is 1. The van der Waals surface area contributed by atoms with Crippen LogP contribution >= 0.6 is 11.6 Å². The predicted molar refractivity (Wildman–Crippen MR) is 61.4 cm³/mol. The summed E-state index contributed by atoms with van der Waals surface area (Å²) < 4.78 is 5.40. The molecule has 2 heterocycles. The van der Waals surface area contributed by atoms with E-state index in [2.05, 4.69) is 9.88 Å². The van der Waals surface area contributed by atoms with Crippen LogP contribution < -0.4 is 4.90 Å². The lowest BCUT2D eigenvalue weighted by atomic mass is 10.3. The van der Waals surface area contributed by atoms with Crippen LogP contribution in [-0.4, -0.2) is 31.3 Å². The van der Waals surface area contributed by atoms with Crippen molar-refractivity contribution in [1.29, 1.82) is 0 Å². The average Bonchev–Trinajstić information content (AvgIpc) is 2.58. The predicted octanol–water partition coefficient (Wildman–Crippen LogP) is 2.05. The highest BCUT2D eigenvalue weighted by molar-refractivity contribution is 6.17. The van der Waals surface area contributed by atoms with Crippen molar-refractivity contribution in [1.82, 2.24) is 4.98 Å². The quantitative estimate of drug-likeness (QED) is 0.722. The van der Waals surface area contributed by atoms with Gasteiger partial charge in [0.25, 0.3) is 0 Å². The molecule has 1 aliphatic rings. The van der Waals surface area contributed by atoms with Crippen molar-refractivity contribution in [3.8, 4) is 0 Å². The summed E-state index contributed by atoms with van der Waals surface area (Å²) in [5, 5.41) is 0. The van der Waals surface area contributed by atoms with Gasteiger partial charge in [-0.05, 0) is 18.1 Å². The Morgan fingerprint density at radius 2 is 2.27 bits per heavy atom. The van der Waals surface area contributed by atoms with Gasteiger partial charge in [0, 0.05) is 31.8 Å². The SMILES string of the molecule is ClCc1ccc(N2CCCOCC2)nc1. The van der Waals surface area contributed by atoms with Crippen molar-refractivity contribution in [2.75, 3.05) is 31.2 Å². The fourth-order valence-electron chi connectivity index (χ4n) is 1.66. The van der Waals surface area contributed by atoms with Crippen molar-refractivity contribution < 1.29 is 4.74 Å². The van der Waals surface area contributed by atoms with E-state index >= 15 is 0 Å². The Morgan fingerprint density at radius 3 is 3.00 bits per heavy atom. The van der Waals surface area contributed by atoms with Crippen LogP contribution in [-0.2, 0) is 10.6 Å². The molecule has 0 aliphatic carbocycles. The van der Waals surface area contributed by atoms with E-state index in [9.17, 15) is 0 Å². The molecule has 15 heavy (non-hydrogen) atoms. The van der Waals surface area contributed by atoms with Gasteiger partial charge in [-0.1, -0.05) is 6.07 Å². The average molecular weight is 227 g/mol. The summed E-state index contributed by atoms with van der Waals surface area (Å²) in [5.74, 6) is 1.55. The molecule has 1 aromatic rings. The zero-order chi connectivity index (χ0) is 10.5. The maximum Gasteiger partial charge on any atom is 0.128 e. The minimum absolute atomic E-state index is 0.524.